The molecule has 128 valence electrons. The Labute approximate surface area is 146 Å². The molecule has 3 nitrogen and oxygen atoms in total. The minimum Gasteiger partial charge on any atom is -0.496 e. The lowest BCUT2D eigenvalue weighted by atomic mass is 10.2. The molecule has 0 spiro atoms. The second-order valence-electron chi connectivity index (χ2n) is 5.34. The lowest BCUT2D eigenvalue weighted by Gasteiger charge is -2.21. The van der Waals surface area contributed by atoms with Crippen LogP contribution in [0, 0.1) is 5.82 Å². The Morgan fingerprint density at radius 1 is 1.21 bits per heavy atom. The molecule has 24 heavy (non-hydrogen) atoms. The van der Waals surface area contributed by atoms with Crippen LogP contribution < -0.4 is 4.74 Å². The third-order valence-corrected chi connectivity index (χ3v) is 4.64. The van der Waals surface area contributed by atoms with Crippen molar-refractivity contribution < 1.29 is 13.9 Å². The third kappa shape index (κ3) is 5.27. The van der Waals surface area contributed by atoms with E-state index in [2.05, 4.69) is 0 Å². The summed E-state index contributed by atoms with van der Waals surface area (Å²) in [6, 6.07) is 14.4. The van der Waals surface area contributed by atoms with Gasteiger partial charge in [-0.25, -0.2) is 4.39 Å². The van der Waals surface area contributed by atoms with Crippen molar-refractivity contribution in [2.45, 2.75) is 19.2 Å². The summed E-state index contributed by atoms with van der Waals surface area (Å²) in [4.78, 5) is 14.2. The molecule has 0 heterocycles. The Morgan fingerprint density at radius 2 is 1.96 bits per heavy atom. The fraction of sp³-hybridized carbons (Fsp3) is 0.316. The number of hydrogen-bond donors (Lipinski definition) is 0. The number of carbonyl (C=O) groups is 1. The van der Waals surface area contributed by atoms with Gasteiger partial charge in [-0.15, -0.1) is 11.8 Å². The zero-order chi connectivity index (χ0) is 17.4. The average molecular weight is 347 g/mol. The first-order valence-corrected chi connectivity index (χ1v) is 9.01. The molecule has 0 fully saturated rings. The van der Waals surface area contributed by atoms with Crippen molar-refractivity contribution in [3.8, 4) is 5.75 Å². The van der Waals surface area contributed by atoms with Gasteiger partial charge >= 0.3 is 0 Å². The fourth-order valence-corrected chi connectivity index (χ4v) is 3.28. The molecule has 0 saturated carbocycles. The number of methoxy groups -OCH3 is 1. The molecule has 0 bridgehead atoms. The van der Waals surface area contributed by atoms with Crippen LogP contribution in [0.2, 0.25) is 0 Å². The number of halogens is 1. The van der Waals surface area contributed by atoms with Crippen LogP contribution in [0.15, 0.2) is 48.5 Å². The van der Waals surface area contributed by atoms with Gasteiger partial charge in [0, 0.05) is 24.4 Å². The van der Waals surface area contributed by atoms with Gasteiger partial charge in [0.05, 0.1) is 12.9 Å². The summed E-state index contributed by atoms with van der Waals surface area (Å²) in [6.07, 6.45) is 0. The zero-order valence-corrected chi connectivity index (χ0v) is 14.8. The fourth-order valence-electron chi connectivity index (χ4n) is 2.38. The van der Waals surface area contributed by atoms with Crippen LogP contribution in [0.25, 0.3) is 0 Å². The number of nitrogens with zero attached hydrogens (tertiary/aromatic N) is 1. The van der Waals surface area contributed by atoms with E-state index in [0.717, 1.165) is 11.1 Å². The van der Waals surface area contributed by atoms with Gasteiger partial charge in [0.25, 0.3) is 0 Å². The van der Waals surface area contributed by atoms with Crippen molar-refractivity contribution in [3.05, 3.63) is 65.5 Å². The second-order valence-corrected chi connectivity index (χ2v) is 6.33. The van der Waals surface area contributed by atoms with Crippen molar-refractivity contribution in [1.29, 1.82) is 0 Å². The van der Waals surface area contributed by atoms with E-state index >= 15 is 0 Å². The van der Waals surface area contributed by atoms with Gasteiger partial charge in [-0.05, 0) is 30.7 Å². The van der Waals surface area contributed by atoms with Gasteiger partial charge in [0.1, 0.15) is 11.6 Å². The van der Waals surface area contributed by atoms with Crippen LogP contribution in [0.4, 0.5) is 4.39 Å². The van der Waals surface area contributed by atoms with E-state index in [4.69, 9.17) is 4.74 Å². The lowest BCUT2D eigenvalue weighted by Crippen LogP contribution is -2.31. The summed E-state index contributed by atoms with van der Waals surface area (Å²) in [7, 11) is 1.56. The quantitative estimate of drug-likeness (QED) is 0.719. The number of carbonyl (C=O) groups excluding carboxylic acids is 1. The molecule has 0 unspecified atom stereocenters. The van der Waals surface area contributed by atoms with Crippen molar-refractivity contribution in [2.24, 2.45) is 0 Å². The van der Waals surface area contributed by atoms with E-state index in [-0.39, 0.29) is 11.7 Å². The van der Waals surface area contributed by atoms with Crippen LogP contribution >= 0.6 is 11.8 Å². The summed E-state index contributed by atoms with van der Waals surface area (Å²) in [5.74, 6) is 1.34. The Kier molecular flexibility index (Phi) is 7.12. The van der Waals surface area contributed by atoms with E-state index in [1.807, 2.05) is 42.2 Å². The molecular weight excluding hydrogens is 325 g/mol. The summed E-state index contributed by atoms with van der Waals surface area (Å²) in [6.45, 7) is 3.25. The van der Waals surface area contributed by atoms with Gasteiger partial charge in [-0.3, -0.25) is 4.79 Å². The largest absolute Gasteiger partial charge is 0.496 e. The van der Waals surface area contributed by atoms with Crippen LogP contribution in [-0.4, -0.2) is 30.2 Å². The number of amides is 1. The van der Waals surface area contributed by atoms with Crippen molar-refractivity contribution in [2.75, 3.05) is 19.4 Å². The summed E-state index contributed by atoms with van der Waals surface area (Å²) >= 11 is 1.47. The third-order valence-electron chi connectivity index (χ3n) is 3.68. The highest BCUT2D eigenvalue weighted by Gasteiger charge is 2.13. The van der Waals surface area contributed by atoms with Crippen molar-refractivity contribution in [1.82, 2.24) is 4.90 Å². The van der Waals surface area contributed by atoms with Gasteiger partial charge < -0.3 is 9.64 Å². The molecule has 5 heteroatoms. The first kappa shape index (κ1) is 18.3. The van der Waals surface area contributed by atoms with E-state index in [0.29, 0.717) is 30.3 Å². The predicted octanol–water partition coefficient (Wildman–Crippen LogP) is 4.12. The maximum Gasteiger partial charge on any atom is 0.232 e. The molecule has 2 rings (SSSR count). The van der Waals surface area contributed by atoms with Crippen LogP contribution in [0.1, 0.15) is 18.1 Å². The Hall–Kier alpha value is -2.01. The standard InChI is InChI=1S/C19H22FNO2S/c1-3-21(12-15-7-5-4-6-8-15)19(22)14-24-13-16-11-17(20)9-10-18(16)23-2/h4-11H,3,12-14H2,1-2H3. The number of ether oxygens (including phenoxy) is 1. The maximum absolute atomic E-state index is 13.4. The normalized spacial score (nSPS) is 10.5. The number of thioether (sulfide) groups is 1. The second kappa shape index (κ2) is 9.33. The Bertz CT molecular complexity index is 664. The highest BCUT2D eigenvalue weighted by Crippen LogP contribution is 2.24. The summed E-state index contributed by atoms with van der Waals surface area (Å²) in [5.41, 5.74) is 1.88. The minimum atomic E-state index is -0.294. The van der Waals surface area contributed by atoms with Gasteiger partial charge in [-0.2, -0.15) is 0 Å². The van der Waals surface area contributed by atoms with E-state index < -0.39 is 0 Å². The van der Waals surface area contributed by atoms with Crippen LogP contribution in [0.3, 0.4) is 0 Å². The smallest absolute Gasteiger partial charge is 0.232 e. The average Bonchev–Trinajstić information content (AvgIpc) is 2.60. The predicted molar refractivity (Wildman–Crippen MR) is 96.6 cm³/mol. The molecular formula is C19H22FNO2S. The number of hydrogen-bond acceptors (Lipinski definition) is 3. The maximum atomic E-state index is 13.4. The first-order valence-electron chi connectivity index (χ1n) is 7.86. The molecule has 0 radical (unpaired) electrons. The lowest BCUT2D eigenvalue weighted by molar-refractivity contribution is -0.128. The SMILES string of the molecule is CCN(Cc1ccccc1)C(=O)CSCc1cc(F)ccc1OC. The summed E-state index contributed by atoms with van der Waals surface area (Å²) in [5, 5.41) is 0. The molecule has 0 aromatic heterocycles. The van der Waals surface area contributed by atoms with Crippen LogP contribution in [-0.2, 0) is 17.1 Å². The summed E-state index contributed by atoms with van der Waals surface area (Å²) < 4.78 is 18.6. The highest BCUT2D eigenvalue weighted by molar-refractivity contribution is 7.99. The molecule has 0 aliphatic carbocycles. The monoisotopic (exact) mass is 347 g/mol. The first-order chi connectivity index (χ1) is 11.6. The molecule has 0 N–H and O–H groups in total. The van der Waals surface area contributed by atoms with Crippen LogP contribution in [0.5, 0.6) is 5.75 Å². The van der Waals surface area contributed by atoms with Gasteiger partial charge in [-0.1, -0.05) is 30.3 Å². The molecule has 0 aliphatic rings. The van der Waals surface area contributed by atoms with Crippen molar-refractivity contribution in [3.63, 3.8) is 0 Å². The molecule has 0 aliphatic heterocycles. The Morgan fingerprint density at radius 3 is 2.62 bits per heavy atom. The van der Waals surface area contributed by atoms with E-state index in [1.54, 1.807) is 13.2 Å². The topological polar surface area (TPSA) is 29.5 Å². The number of benzene rings is 2. The Balaban J connectivity index is 1.89. The number of rotatable bonds is 8. The van der Waals surface area contributed by atoms with Gasteiger partial charge in [0.15, 0.2) is 0 Å². The molecule has 0 atom stereocenters. The van der Waals surface area contributed by atoms with Gasteiger partial charge in [0.2, 0.25) is 5.91 Å². The molecule has 2 aromatic rings. The zero-order valence-electron chi connectivity index (χ0n) is 14.0. The molecule has 0 saturated heterocycles. The molecule has 2 aromatic carbocycles. The minimum absolute atomic E-state index is 0.0849. The molecule has 1 amide bonds. The van der Waals surface area contributed by atoms with Crippen molar-refractivity contribution >= 4 is 17.7 Å². The van der Waals surface area contributed by atoms with E-state index in [9.17, 15) is 9.18 Å². The van der Waals surface area contributed by atoms with E-state index in [1.165, 1.54) is 23.9 Å². The highest BCUT2D eigenvalue weighted by atomic mass is 32.2.